The lowest BCUT2D eigenvalue weighted by Gasteiger charge is -2.31. The average molecular weight is 649 g/mol. The molecule has 3 rings (SSSR count). The number of carboxylic acids is 1. The molecule has 0 bridgehead atoms. The molecule has 47 heavy (non-hydrogen) atoms. The zero-order valence-electron chi connectivity index (χ0n) is 29.6. The Morgan fingerprint density at radius 1 is 0.915 bits per heavy atom. The molecular weight excluding hydrogens is 596 g/mol. The van der Waals surface area contributed by atoms with E-state index in [1.54, 1.807) is 25.7 Å². The van der Waals surface area contributed by atoms with Crippen molar-refractivity contribution >= 4 is 34.7 Å². The molecule has 0 aliphatic carbocycles. The van der Waals surface area contributed by atoms with Gasteiger partial charge in [0.25, 0.3) is 0 Å². The number of fused-ring (bicyclic) bond motifs is 1. The number of ether oxygens (including phenoxy) is 2. The standard InChI is InChI=1S/C37H52N4O6/c1-11-31(33(42)43)41(19-18-38-34(44)46-36(5,6)7)26-16-17-29-27(21-26)32(25-14-12-24(4)13-15-25)28(30(40-29)20-23(2)3)22-39-35(45)47-37(8,9)10/h12-17,21,23,31H,11,18-20,22H2,1-10H3,(H,38,44)(H,39,45)(H,42,43). The van der Waals surface area contributed by atoms with Gasteiger partial charge < -0.3 is 30.1 Å². The van der Waals surface area contributed by atoms with Gasteiger partial charge in [-0.15, -0.1) is 0 Å². The summed E-state index contributed by atoms with van der Waals surface area (Å²) in [5.41, 5.74) is 4.87. The summed E-state index contributed by atoms with van der Waals surface area (Å²) >= 11 is 0. The van der Waals surface area contributed by atoms with Crippen molar-refractivity contribution in [2.75, 3.05) is 18.0 Å². The number of amides is 2. The van der Waals surface area contributed by atoms with Gasteiger partial charge in [-0.2, -0.15) is 0 Å². The van der Waals surface area contributed by atoms with Gasteiger partial charge in [-0.1, -0.05) is 50.6 Å². The Bertz CT molecular complexity index is 1550. The van der Waals surface area contributed by atoms with E-state index in [0.29, 0.717) is 24.4 Å². The number of alkyl carbamates (subject to hydrolysis) is 2. The van der Waals surface area contributed by atoms with Crippen molar-refractivity contribution in [1.82, 2.24) is 15.6 Å². The first-order valence-electron chi connectivity index (χ1n) is 16.3. The van der Waals surface area contributed by atoms with E-state index in [1.807, 2.05) is 65.0 Å². The number of nitrogens with one attached hydrogen (secondary N) is 2. The van der Waals surface area contributed by atoms with Gasteiger partial charge in [-0.3, -0.25) is 4.98 Å². The Balaban J connectivity index is 2.20. The van der Waals surface area contributed by atoms with Crippen LogP contribution in [0.4, 0.5) is 15.3 Å². The molecule has 1 unspecified atom stereocenters. The maximum Gasteiger partial charge on any atom is 0.407 e. The van der Waals surface area contributed by atoms with Crippen LogP contribution in [0.1, 0.15) is 85.6 Å². The van der Waals surface area contributed by atoms with Gasteiger partial charge in [0.15, 0.2) is 0 Å². The molecule has 0 spiro atoms. The second-order valence-corrected chi connectivity index (χ2v) is 14.3. The summed E-state index contributed by atoms with van der Waals surface area (Å²) in [6.45, 7) is 19.6. The van der Waals surface area contributed by atoms with Crippen molar-refractivity contribution in [1.29, 1.82) is 0 Å². The van der Waals surface area contributed by atoms with E-state index in [9.17, 15) is 19.5 Å². The predicted octanol–water partition coefficient (Wildman–Crippen LogP) is 7.63. The second kappa shape index (κ2) is 15.5. The van der Waals surface area contributed by atoms with Gasteiger partial charge in [-0.25, -0.2) is 14.4 Å². The third kappa shape index (κ3) is 10.9. The van der Waals surface area contributed by atoms with Crippen molar-refractivity contribution < 1.29 is 29.0 Å². The third-order valence-electron chi connectivity index (χ3n) is 7.31. The average Bonchev–Trinajstić information content (AvgIpc) is 2.93. The number of hydrogen-bond donors (Lipinski definition) is 3. The van der Waals surface area contributed by atoms with Gasteiger partial charge >= 0.3 is 18.2 Å². The molecule has 256 valence electrons. The molecule has 1 aromatic heterocycles. The lowest BCUT2D eigenvalue weighted by Crippen LogP contribution is -2.45. The molecule has 0 radical (unpaired) electrons. The van der Waals surface area contributed by atoms with Crippen molar-refractivity contribution in [3.8, 4) is 11.1 Å². The fourth-order valence-electron chi connectivity index (χ4n) is 5.38. The summed E-state index contributed by atoms with van der Waals surface area (Å²) in [4.78, 5) is 44.5. The van der Waals surface area contributed by atoms with Gasteiger partial charge in [0.2, 0.25) is 0 Å². The van der Waals surface area contributed by atoms with E-state index in [1.165, 1.54) is 0 Å². The van der Waals surface area contributed by atoms with E-state index in [-0.39, 0.29) is 19.6 Å². The van der Waals surface area contributed by atoms with Crippen LogP contribution in [0.5, 0.6) is 0 Å². The Labute approximate surface area is 279 Å². The van der Waals surface area contributed by atoms with Crippen LogP contribution in [-0.4, -0.2) is 58.6 Å². The normalized spacial score (nSPS) is 12.5. The molecule has 10 heteroatoms. The number of hydrogen-bond acceptors (Lipinski definition) is 7. The quantitative estimate of drug-likeness (QED) is 0.183. The molecule has 0 aliphatic heterocycles. The minimum Gasteiger partial charge on any atom is -0.480 e. The zero-order valence-corrected chi connectivity index (χ0v) is 29.6. The van der Waals surface area contributed by atoms with Crippen LogP contribution >= 0.6 is 0 Å². The highest BCUT2D eigenvalue weighted by molar-refractivity contribution is 5.99. The minimum atomic E-state index is -0.962. The smallest absolute Gasteiger partial charge is 0.407 e. The number of nitrogens with zero attached hydrogens (tertiary/aromatic N) is 2. The summed E-state index contributed by atoms with van der Waals surface area (Å²) < 4.78 is 10.9. The van der Waals surface area contributed by atoms with E-state index in [4.69, 9.17) is 14.5 Å². The zero-order chi connectivity index (χ0) is 35.1. The van der Waals surface area contributed by atoms with Crippen LogP contribution in [0, 0.1) is 12.8 Å². The molecule has 2 aromatic carbocycles. The number of anilines is 1. The number of aliphatic carboxylic acids is 1. The SMILES string of the molecule is CCC(C(=O)O)N(CCNC(=O)OC(C)(C)C)c1ccc2nc(CC(C)C)c(CNC(=O)OC(C)(C)C)c(-c3ccc(C)cc3)c2c1. The number of pyridine rings is 1. The fourth-order valence-corrected chi connectivity index (χ4v) is 5.38. The van der Waals surface area contributed by atoms with Crippen molar-refractivity contribution in [3.05, 3.63) is 59.3 Å². The highest BCUT2D eigenvalue weighted by Crippen LogP contribution is 2.37. The van der Waals surface area contributed by atoms with Crippen molar-refractivity contribution in [3.63, 3.8) is 0 Å². The summed E-state index contributed by atoms with van der Waals surface area (Å²) in [6.07, 6.45) is -0.0414. The highest BCUT2D eigenvalue weighted by Gasteiger charge is 2.27. The van der Waals surface area contributed by atoms with Gasteiger partial charge in [0.05, 0.1) is 5.52 Å². The predicted molar refractivity (Wildman–Crippen MR) is 187 cm³/mol. The van der Waals surface area contributed by atoms with Crippen LogP contribution < -0.4 is 15.5 Å². The van der Waals surface area contributed by atoms with Crippen LogP contribution in [0.25, 0.3) is 22.0 Å². The summed E-state index contributed by atoms with van der Waals surface area (Å²) in [6, 6.07) is 13.1. The molecule has 1 atom stereocenters. The van der Waals surface area contributed by atoms with Gasteiger partial charge in [0.1, 0.15) is 17.2 Å². The molecule has 0 saturated carbocycles. The van der Waals surface area contributed by atoms with E-state index in [2.05, 4.69) is 36.6 Å². The number of aryl methyl sites for hydroxylation is 1. The lowest BCUT2D eigenvalue weighted by molar-refractivity contribution is -0.138. The fraction of sp³-hybridized carbons (Fsp3) is 0.514. The van der Waals surface area contributed by atoms with Gasteiger partial charge in [-0.05, 0) is 96.6 Å². The first-order chi connectivity index (χ1) is 21.9. The Hall–Kier alpha value is -4.34. The molecule has 2 amide bonds. The topological polar surface area (TPSA) is 130 Å². The Morgan fingerprint density at radius 3 is 2.04 bits per heavy atom. The third-order valence-corrected chi connectivity index (χ3v) is 7.31. The van der Waals surface area contributed by atoms with Crippen molar-refractivity contribution in [2.24, 2.45) is 5.92 Å². The lowest BCUT2D eigenvalue weighted by atomic mass is 9.90. The largest absolute Gasteiger partial charge is 0.480 e. The monoisotopic (exact) mass is 648 g/mol. The second-order valence-electron chi connectivity index (χ2n) is 14.3. The maximum absolute atomic E-state index is 12.8. The number of rotatable bonds is 12. The van der Waals surface area contributed by atoms with Gasteiger partial charge in [0, 0.05) is 42.0 Å². The minimum absolute atomic E-state index is 0.179. The molecule has 10 nitrogen and oxygen atoms in total. The summed E-state index contributed by atoms with van der Waals surface area (Å²) in [5.74, 6) is -0.657. The Kier molecular flexibility index (Phi) is 12.2. The first-order valence-corrected chi connectivity index (χ1v) is 16.3. The van der Waals surface area contributed by atoms with E-state index < -0.39 is 35.4 Å². The number of carbonyl (C=O) groups is 3. The molecule has 0 fully saturated rings. The van der Waals surface area contributed by atoms with Crippen molar-refractivity contribution in [2.45, 2.75) is 106 Å². The van der Waals surface area contributed by atoms with E-state index in [0.717, 1.165) is 38.9 Å². The summed E-state index contributed by atoms with van der Waals surface area (Å²) in [7, 11) is 0. The van der Waals surface area contributed by atoms with Crippen LogP contribution in [0.2, 0.25) is 0 Å². The molecule has 1 heterocycles. The van der Waals surface area contributed by atoms with Crippen LogP contribution in [0.3, 0.4) is 0 Å². The first kappa shape index (κ1) is 37.1. The summed E-state index contributed by atoms with van der Waals surface area (Å²) in [5, 5.41) is 16.7. The molecule has 0 saturated heterocycles. The number of carboxylic acid groups (broad SMARTS) is 1. The molecular formula is C37H52N4O6. The molecule has 0 aliphatic rings. The number of carbonyl (C=O) groups excluding carboxylic acids is 2. The number of aromatic nitrogens is 1. The molecule has 3 aromatic rings. The number of benzene rings is 2. The highest BCUT2D eigenvalue weighted by atomic mass is 16.6. The van der Waals surface area contributed by atoms with Crippen LogP contribution in [0.15, 0.2) is 42.5 Å². The Morgan fingerprint density at radius 2 is 1.51 bits per heavy atom. The van der Waals surface area contributed by atoms with Crippen LogP contribution in [-0.2, 0) is 27.2 Å². The molecule has 3 N–H and O–H groups in total. The maximum atomic E-state index is 12.8. The van der Waals surface area contributed by atoms with E-state index >= 15 is 0 Å².